The molecule has 2 aromatic heterocycles. The van der Waals surface area contributed by atoms with Crippen molar-refractivity contribution >= 4 is 11.3 Å². The van der Waals surface area contributed by atoms with Gasteiger partial charge in [0.05, 0.1) is 16.9 Å². The van der Waals surface area contributed by atoms with Crippen molar-refractivity contribution in [3.8, 4) is 11.4 Å². The molecule has 2 aromatic rings. The average Bonchev–Trinajstić information content (AvgIpc) is 3.00. The number of thiazole rings is 1. The van der Waals surface area contributed by atoms with Crippen LogP contribution in [0.4, 0.5) is 0 Å². The van der Waals surface area contributed by atoms with E-state index >= 15 is 0 Å². The zero-order valence-corrected chi connectivity index (χ0v) is 12.8. The Hall–Kier alpha value is -1.30. The first-order valence-corrected chi connectivity index (χ1v) is 7.89. The molecule has 3 heterocycles. The molecule has 0 saturated carbocycles. The summed E-state index contributed by atoms with van der Waals surface area (Å²) < 4.78 is 0. The number of rotatable bonds is 3. The van der Waals surface area contributed by atoms with Crippen molar-refractivity contribution in [3.05, 3.63) is 34.8 Å². The monoisotopic (exact) mass is 288 g/mol. The van der Waals surface area contributed by atoms with E-state index in [1.807, 2.05) is 24.4 Å². The van der Waals surface area contributed by atoms with Crippen LogP contribution in [0.5, 0.6) is 0 Å². The molecule has 1 saturated heterocycles. The molecule has 4 nitrogen and oxygen atoms in total. The largest absolute Gasteiger partial charge is 0.314 e. The van der Waals surface area contributed by atoms with Crippen LogP contribution in [0.25, 0.3) is 11.4 Å². The van der Waals surface area contributed by atoms with Gasteiger partial charge >= 0.3 is 0 Å². The van der Waals surface area contributed by atoms with E-state index in [2.05, 4.69) is 34.4 Å². The van der Waals surface area contributed by atoms with Gasteiger partial charge in [-0.25, -0.2) is 4.98 Å². The molecule has 0 bridgehead atoms. The summed E-state index contributed by atoms with van der Waals surface area (Å²) in [6.07, 6.45) is 1.82. The van der Waals surface area contributed by atoms with E-state index in [1.54, 1.807) is 11.3 Å². The van der Waals surface area contributed by atoms with Crippen LogP contribution in [0.1, 0.15) is 18.9 Å². The van der Waals surface area contributed by atoms with Crippen LogP contribution in [0.15, 0.2) is 29.8 Å². The van der Waals surface area contributed by atoms with Gasteiger partial charge in [0.15, 0.2) is 0 Å². The molecule has 0 atom stereocenters. The molecule has 1 N–H and O–H groups in total. The Kier molecular flexibility index (Phi) is 3.83. The van der Waals surface area contributed by atoms with E-state index in [1.165, 1.54) is 5.01 Å². The fourth-order valence-electron chi connectivity index (χ4n) is 2.55. The van der Waals surface area contributed by atoms with Crippen molar-refractivity contribution in [2.45, 2.75) is 19.4 Å². The lowest BCUT2D eigenvalue weighted by molar-refractivity contribution is 0.102. The summed E-state index contributed by atoms with van der Waals surface area (Å²) >= 11 is 1.73. The molecule has 106 valence electrons. The average molecular weight is 288 g/mol. The predicted octanol–water partition coefficient (Wildman–Crippen LogP) is 2.35. The second kappa shape index (κ2) is 5.60. The second-order valence-electron chi connectivity index (χ2n) is 5.55. The third-order valence-electron chi connectivity index (χ3n) is 3.86. The molecule has 3 rings (SSSR count). The summed E-state index contributed by atoms with van der Waals surface area (Å²) in [4.78, 5) is 11.7. The summed E-state index contributed by atoms with van der Waals surface area (Å²) in [5.41, 5.74) is 1.92. The number of hydrogen-bond donors (Lipinski definition) is 1. The minimum atomic E-state index is -0.0141. The van der Waals surface area contributed by atoms with Gasteiger partial charge in [0.2, 0.25) is 0 Å². The highest BCUT2D eigenvalue weighted by Crippen LogP contribution is 2.32. The third-order valence-corrected chi connectivity index (χ3v) is 5.02. The number of aromatic nitrogens is 2. The highest BCUT2D eigenvalue weighted by atomic mass is 32.1. The molecule has 5 heteroatoms. The van der Waals surface area contributed by atoms with Crippen molar-refractivity contribution in [1.29, 1.82) is 0 Å². The van der Waals surface area contributed by atoms with Crippen LogP contribution >= 0.6 is 11.3 Å². The van der Waals surface area contributed by atoms with Crippen LogP contribution in [0, 0.1) is 0 Å². The minimum Gasteiger partial charge on any atom is -0.314 e. The summed E-state index contributed by atoms with van der Waals surface area (Å²) in [7, 11) is 0. The Labute approximate surface area is 123 Å². The van der Waals surface area contributed by atoms with Gasteiger partial charge in [-0.05, 0) is 26.0 Å². The first-order chi connectivity index (χ1) is 9.68. The van der Waals surface area contributed by atoms with Crippen LogP contribution in [0.3, 0.4) is 0 Å². The van der Waals surface area contributed by atoms with Crippen molar-refractivity contribution in [1.82, 2.24) is 20.2 Å². The SMILES string of the molecule is CC(C)(c1nc(-c2ccccn2)cs1)N1CCNCC1. The van der Waals surface area contributed by atoms with E-state index in [4.69, 9.17) is 4.98 Å². The number of piperazine rings is 1. The Morgan fingerprint density at radius 3 is 2.70 bits per heavy atom. The number of pyridine rings is 1. The lowest BCUT2D eigenvalue weighted by Crippen LogP contribution is -2.51. The topological polar surface area (TPSA) is 41.1 Å². The molecule has 0 amide bonds. The van der Waals surface area contributed by atoms with Gasteiger partial charge < -0.3 is 5.32 Å². The summed E-state index contributed by atoms with van der Waals surface area (Å²) in [6.45, 7) is 8.79. The maximum Gasteiger partial charge on any atom is 0.113 e. The quantitative estimate of drug-likeness (QED) is 0.941. The third kappa shape index (κ3) is 2.61. The van der Waals surface area contributed by atoms with Crippen LogP contribution in [0.2, 0.25) is 0 Å². The first-order valence-electron chi connectivity index (χ1n) is 7.01. The maximum atomic E-state index is 4.82. The van der Waals surface area contributed by atoms with Crippen molar-refractivity contribution < 1.29 is 0 Å². The van der Waals surface area contributed by atoms with Gasteiger partial charge in [-0.1, -0.05) is 6.07 Å². The fraction of sp³-hybridized carbons (Fsp3) is 0.467. The molecule has 0 radical (unpaired) electrons. The maximum absolute atomic E-state index is 4.82. The Morgan fingerprint density at radius 2 is 2.00 bits per heavy atom. The fourth-order valence-corrected chi connectivity index (χ4v) is 3.51. The van der Waals surface area contributed by atoms with Gasteiger partial charge in [-0.2, -0.15) is 0 Å². The molecular weight excluding hydrogens is 268 g/mol. The molecule has 1 aliphatic rings. The van der Waals surface area contributed by atoms with E-state index in [9.17, 15) is 0 Å². The van der Waals surface area contributed by atoms with Gasteiger partial charge in [0.1, 0.15) is 5.01 Å². The molecule has 1 fully saturated rings. The van der Waals surface area contributed by atoms with Crippen LogP contribution < -0.4 is 5.32 Å². The van der Waals surface area contributed by atoms with Gasteiger partial charge in [0, 0.05) is 37.8 Å². The Balaban J connectivity index is 1.85. The van der Waals surface area contributed by atoms with Crippen LogP contribution in [-0.4, -0.2) is 41.0 Å². The number of nitrogens with one attached hydrogen (secondary N) is 1. The van der Waals surface area contributed by atoms with Crippen molar-refractivity contribution in [2.75, 3.05) is 26.2 Å². The molecule has 1 aliphatic heterocycles. The molecular formula is C15H20N4S. The molecule has 0 spiro atoms. The van der Waals surface area contributed by atoms with Crippen molar-refractivity contribution in [3.63, 3.8) is 0 Å². The van der Waals surface area contributed by atoms with Crippen LogP contribution in [-0.2, 0) is 5.54 Å². The number of nitrogens with zero attached hydrogens (tertiary/aromatic N) is 3. The van der Waals surface area contributed by atoms with Crippen molar-refractivity contribution in [2.24, 2.45) is 0 Å². The standard InChI is InChI=1S/C15H20N4S/c1-15(2,19-9-7-16-8-10-19)14-18-13(11-20-14)12-5-3-4-6-17-12/h3-6,11,16H,7-10H2,1-2H3. The zero-order valence-electron chi connectivity index (χ0n) is 12.0. The smallest absolute Gasteiger partial charge is 0.113 e. The molecule has 0 unspecified atom stereocenters. The van der Waals surface area contributed by atoms with Gasteiger partial charge in [-0.3, -0.25) is 9.88 Å². The minimum absolute atomic E-state index is 0.0141. The molecule has 0 aromatic carbocycles. The van der Waals surface area contributed by atoms with E-state index < -0.39 is 0 Å². The van der Waals surface area contributed by atoms with E-state index in [-0.39, 0.29) is 5.54 Å². The molecule has 0 aliphatic carbocycles. The first kappa shape index (κ1) is 13.7. The Bertz CT molecular complexity index is 558. The summed E-state index contributed by atoms with van der Waals surface area (Å²) in [5, 5.41) is 6.68. The lowest BCUT2D eigenvalue weighted by Gasteiger charge is -2.39. The number of hydrogen-bond acceptors (Lipinski definition) is 5. The normalized spacial score (nSPS) is 17.3. The Morgan fingerprint density at radius 1 is 1.20 bits per heavy atom. The zero-order chi connectivity index (χ0) is 14.0. The highest BCUT2D eigenvalue weighted by Gasteiger charge is 2.32. The van der Waals surface area contributed by atoms with Gasteiger partial charge in [0.25, 0.3) is 0 Å². The lowest BCUT2D eigenvalue weighted by atomic mass is 10.0. The van der Waals surface area contributed by atoms with Gasteiger partial charge in [-0.15, -0.1) is 11.3 Å². The van der Waals surface area contributed by atoms with E-state index in [0.717, 1.165) is 37.6 Å². The second-order valence-corrected chi connectivity index (χ2v) is 6.41. The van der Waals surface area contributed by atoms with E-state index in [0.29, 0.717) is 0 Å². The summed E-state index contributed by atoms with van der Waals surface area (Å²) in [5.74, 6) is 0. The predicted molar refractivity (Wildman–Crippen MR) is 82.8 cm³/mol. The molecule has 20 heavy (non-hydrogen) atoms. The summed E-state index contributed by atoms with van der Waals surface area (Å²) in [6, 6.07) is 5.95. The highest BCUT2D eigenvalue weighted by molar-refractivity contribution is 7.10.